The first-order valence-corrected chi connectivity index (χ1v) is 3.88. The van der Waals surface area contributed by atoms with Crippen molar-refractivity contribution in [3.05, 3.63) is 29.8 Å². The highest BCUT2D eigenvalue weighted by atomic mass is 16.5. The van der Waals surface area contributed by atoms with Crippen LogP contribution in [-0.2, 0) is 0 Å². The van der Waals surface area contributed by atoms with Crippen molar-refractivity contribution in [2.75, 3.05) is 13.2 Å². The van der Waals surface area contributed by atoms with Gasteiger partial charge in [0.15, 0.2) is 0 Å². The van der Waals surface area contributed by atoms with Gasteiger partial charge in [0.25, 0.3) is 0 Å². The smallest absolute Gasteiger partial charge is 0.119 e. The second-order valence-electron chi connectivity index (χ2n) is 2.39. The highest BCUT2D eigenvalue weighted by Gasteiger charge is 1.92. The van der Waals surface area contributed by atoms with Gasteiger partial charge >= 0.3 is 0 Å². The monoisotopic (exact) mass is 181 g/mol. The predicted molar refractivity (Wildman–Crippen MR) is 48.4 cm³/mol. The quantitative estimate of drug-likeness (QED) is 0.411. The number of hydrogen-bond donors (Lipinski definition) is 2. The topological polar surface area (TPSA) is 62.0 Å². The van der Waals surface area contributed by atoms with Gasteiger partial charge in [-0.15, -0.1) is 0 Å². The number of oxime groups is 1. The zero-order valence-electron chi connectivity index (χ0n) is 7.05. The molecule has 1 aromatic carbocycles. The van der Waals surface area contributed by atoms with Crippen LogP contribution in [0.4, 0.5) is 0 Å². The van der Waals surface area contributed by atoms with Crippen LogP contribution < -0.4 is 4.74 Å². The minimum Gasteiger partial charge on any atom is -0.491 e. The molecular weight excluding hydrogens is 170 g/mol. The molecule has 0 saturated heterocycles. The summed E-state index contributed by atoms with van der Waals surface area (Å²) >= 11 is 0. The van der Waals surface area contributed by atoms with E-state index in [4.69, 9.17) is 15.1 Å². The number of rotatable bonds is 4. The lowest BCUT2D eigenvalue weighted by Crippen LogP contribution is -2.01. The number of hydrogen-bond acceptors (Lipinski definition) is 4. The maximum absolute atomic E-state index is 8.49. The standard InChI is InChI=1S/C9H11NO3/c11-5-6-13-9-3-1-8(2-4-9)7-10-12/h1-4,7,11-12H,5-6H2/b10-7+. The van der Waals surface area contributed by atoms with E-state index < -0.39 is 0 Å². The number of benzene rings is 1. The summed E-state index contributed by atoms with van der Waals surface area (Å²) in [6.07, 6.45) is 1.33. The first kappa shape index (κ1) is 9.54. The molecule has 1 aromatic rings. The molecule has 2 N–H and O–H groups in total. The van der Waals surface area contributed by atoms with Crippen molar-refractivity contribution in [2.24, 2.45) is 5.16 Å². The molecule has 0 fully saturated rings. The highest BCUT2D eigenvalue weighted by molar-refractivity contribution is 5.79. The van der Waals surface area contributed by atoms with E-state index in [0.717, 1.165) is 5.56 Å². The Morgan fingerprint density at radius 2 is 2.00 bits per heavy atom. The molecule has 0 heterocycles. The second-order valence-corrected chi connectivity index (χ2v) is 2.39. The summed E-state index contributed by atoms with van der Waals surface area (Å²) in [5.41, 5.74) is 0.791. The molecule has 0 saturated carbocycles. The maximum atomic E-state index is 8.49. The minimum absolute atomic E-state index is 0.000149. The van der Waals surface area contributed by atoms with Crippen molar-refractivity contribution in [3.8, 4) is 5.75 Å². The summed E-state index contributed by atoms with van der Waals surface area (Å²) in [5, 5.41) is 19.6. The number of nitrogens with zero attached hydrogens (tertiary/aromatic N) is 1. The third-order valence-electron chi connectivity index (χ3n) is 1.45. The van der Waals surface area contributed by atoms with Gasteiger partial charge in [0.1, 0.15) is 12.4 Å². The predicted octanol–water partition coefficient (Wildman–Crippen LogP) is 0.866. The molecule has 0 spiro atoms. The Labute approximate surface area is 76.1 Å². The molecule has 0 bridgehead atoms. The summed E-state index contributed by atoms with van der Waals surface area (Å²) in [7, 11) is 0. The molecule has 0 atom stereocenters. The molecule has 4 heteroatoms. The van der Waals surface area contributed by atoms with Crippen molar-refractivity contribution >= 4 is 6.21 Å². The molecule has 4 nitrogen and oxygen atoms in total. The molecule has 0 unspecified atom stereocenters. The van der Waals surface area contributed by atoms with E-state index in [-0.39, 0.29) is 13.2 Å². The highest BCUT2D eigenvalue weighted by Crippen LogP contribution is 2.10. The van der Waals surface area contributed by atoms with Crippen LogP contribution in [-0.4, -0.2) is 29.7 Å². The average Bonchev–Trinajstić information content (AvgIpc) is 2.17. The van der Waals surface area contributed by atoms with Crippen LogP contribution in [0.1, 0.15) is 5.56 Å². The van der Waals surface area contributed by atoms with Crippen LogP contribution >= 0.6 is 0 Å². The van der Waals surface area contributed by atoms with E-state index in [1.807, 2.05) is 0 Å². The molecule has 0 amide bonds. The van der Waals surface area contributed by atoms with Gasteiger partial charge in [0.05, 0.1) is 12.8 Å². The van der Waals surface area contributed by atoms with E-state index in [9.17, 15) is 0 Å². The summed E-state index contributed by atoms with van der Waals surface area (Å²) in [4.78, 5) is 0. The lowest BCUT2D eigenvalue weighted by Gasteiger charge is -2.02. The molecule has 0 radical (unpaired) electrons. The van der Waals surface area contributed by atoms with Crippen molar-refractivity contribution in [2.45, 2.75) is 0 Å². The van der Waals surface area contributed by atoms with E-state index in [2.05, 4.69) is 5.16 Å². The van der Waals surface area contributed by atoms with Crippen LogP contribution in [0.2, 0.25) is 0 Å². The van der Waals surface area contributed by atoms with Crippen LogP contribution in [0.15, 0.2) is 29.4 Å². The summed E-state index contributed by atoms with van der Waals surface area (Å²) < 4.78 is 5.13. The SMILES string of the molecule is OCCOc1ccc(/C=N/O)cc1. The Kier molecular flexibility index (Phi) is 3.78. The molecule has 13 heavy (non-hydrogen) atoms. The first-order valence-electron chi connectivity index (χ1n) is 3.88. The number of aliphatic hydroxyl groups excluding tert-OH is 1. The van der Waals surface area contributed by atoms with Crippen molar-refractivity contribution in [1.29, 1.82) is 0 Å². The fourth-order valence-corrected chi connectivity index (χ4v) is 0.880. The van der Waals surface area contributed by atoms with Crippen LogP contribution in [0.3, 0.4) is 0 Å². The molecular formula is C9H11NO3. The number of aliphatic hydroxyl groups is 1. The van der Waals surface area contributed by atoms with Gasteiger partial charge in [0.2, 0.25) is 0 Å². The fourth-order valence-electron chi connectivity index (χ4n) is 0.880. The zero-order valence-corrected chi connectivity index (χ0v) is 7.05. The maximum Gasteiger partial charge on any atom is 0.119 e. The van der Waals surface area contributed by atoms with Gasteiger partial charge in [-0.25, -0.2) is 0 Å². The van der Waals surface area contributed by atoms with Gasteiger partial charge in [-0.3, -0.25) is 0 Å². The van der Waals surface area contributed by atoms with Crippen molar-refractivity contribution < 1.29 is 15.1 Å². The van der Waals surface area contributed by atoms with E-state index in [1.54, 1.807) is 24.3 Å². The third kappa shape index (κ3) is 3.13. The molecule has 1 rings (SSSR count). The molecule has 0 aliphatic heterocycles. The first-order chi connectivity index (χ1) is 6.36. The van der Waals surface area contributed by atoms with Crippen LogP contribution in [0, 0.1) is 0 Å². The molecule has 0 aliphatic rings. The Hall–Kier alpha value is -1.55. The van der Waals surface area contributed by atoms with Gasteiger partial charge in [0, 0.05) is 0 Å². The normalized spacial score (nSPS) is 10.5. The van der Waals surface area contributed by atoms with Gasteiger partial charge in [-0.05, 0) is 29.8 Å². The lowest BCUT2D eigenvalue weighted by atomic mass is 10.2. The Morgan fingerprint density at radius 3 is 2.54 bits per heavy atom. The third-order valence-corrected chi connectivity index (χ3v) is 1.45. The van der Waals surface area contributed by atoms with E-state index >= 15 is 0 Å². The number of ether oxygens (including phenoxy) is 1. The fraction of sp³-hybridized carbons (Fsp3) is 0.222. The van der Waals surface area contributed by atoms with Gasteiger partial charge in [-0.2, -0.15) is 0 Å². The second kappa shape index (κ2) is 5.16. The Bertz CT molecular complexity index is 269. The Morgan fingerprint density at radius 1 is 1.31 bits per heavy atom. The van der Waals surface area contributed by atoms with E-state index in [0.29, 0.717) is 5.75 Å². The molecule has 0 aromatic heterocycles. The van der Waals surface area contributed by atoms with Crippen molar-refractivity contribution in [3.63, 3.8) is 0 Å². The lowest BCUT2D eigenvalue weighted by molar-refractivity contribution is 0.201. The molecule has 70 valence electrons. The van der Waals surface area contributed by atoms with Gasteiger partial charge in [-0.1, -0.05) is 5.16 Å². The average molecular weight is 181 g/mol. The summed E-state index contributed by atoms with van der Waals surface area (Å²) in [5.74, 6) is 0.684. The summed E-state index contributed by atoms with van der Waals surface area (Å²) in [6, 6.07) is 7.00. The van der Waals surface area contributed by atoms with Crippen LogP contribution in [0.5, 0.6) is 5.75 Å². The Balaban J connectivity index is 2.58. The summed E-state index contributed by atoms with van der Waals surface area (Å²) in [6.45, 7) is 0.285. The zero-order chi connectivity index (χ0) is 9.52. The van der Waals surface area contributed by atoms with Gasteiger partial charge < -0.3 is 15.1 Å². The van der Waals surface area contributed by atoms with E-state index in [1.165, 1.54) is 6.21 Å². The largest absolute Gasteiger partial charge is 0.491 e. The van der Waals surface area contributed by atoms with Crippen molar-refractivity contribution in [1.82, 2.24) is 0 Å². The molecule has 0 aliphatic carbocycles. The van der Waals surface area contributed by atoms with Crippen LogP contribution in [0.25, 0.3) is 0 Å². The minimum atomic E-state index is -0.000149.